The van der Waals surface area contributed by atoms with Gasteiger partial charge in [0.15, 0.2) is 0 Å². The Labute approximate surface area is 150 Å². The number of rotatable bonds is 3. The number of hydrogen-bond acceptors (Lipinski definition) is 2. The van der Waals surface area contributed by atoms with Crippen LogP contribution in [0.2, 0.25) is 0 Å². The summed E-state index contributed by atoms with van der Waals surface area (Å²) in [4.78, 5) is 14.7. The molecule has 132 valence electrons. The zero-order valence-corrected chi connectivity index (χ0v) is 15.3. The normalized spacial score (nSPS) is 23.5. The van der Waals surface area contributed by atoms with Gasteiger partial charge in [-0.05, 0) is 47.9 Å². The number of aromatic hydroxyl groups is 1. The van der Waals surface area contributed by atoms with Crippen molar-refractivity contribution >= 4 is 5.91 Å². The van der Waals surface area contributed by atoms with Crippen molar-refractivity contribution in [2.45, 2.75) is 39.0 Å². The smallest absolute Gasteiger partial charge is 0.226 e. The van der Waals surface area contributed by atoms with Crippen molar-refractivity contribution in [1.82, 2.24) is 4.90 Å². The molecule has 0 bridgehead atoms. The molecule has 3 rings (SSSR count). The first-order valence-electron chi connectivity index (χ1n) is 9.01. The van der Waals surface area contributed by atoms with Crippen LogP contribution in [-0.4, -0.2) is 29.0 Å². The summed E-state index contributed by atoms with van der Waals surface area (Å²) >= 11 is 0. The van der Waals surface area contributed by atoms with Crippen LogP contribution in [0.1, 0.15) is 37.0 Å². The van der Waals surface area contributed by atoms with Gasteiger partial charge in [0.25, 0.3) is 0 Å². The molecule has 1 saturated heterocycles. The quantitative estimate of drug-likeness (QED) is 0.917. The first-order valence-corrected chi connectivity index (χ1v) is 9.01. The SMILES string of the molecule is Cc1cccc(CC(=O)N2CC[C@@](C)(c3cccc(O)c3)[C@@H](C)C2)c1. The van der Waals surface area contributed by atoms with Crippen LogP contribution in [0, 0.1) is 12.8 Å². The maximum atomic E-state index is 12.7. The molecule has 0 radical (unpaired) electrons. The van der Waals surface area contributed by atoms with Gasteiger partial charge in [0, 0.05) is 13.1 Å². The average Bonchev–Trinajstić information content (AvgIpc) is 2.57. The molecule has 0 aromatic heterocycles. The maximum Gasteiger partial charge on any atom is 0.226 e. The maximum absolute atomic E-state index is 12.7. The number of phenolic OH excluding ortho intramolecular Hbond substituents is 1. The fraction of sp³-hybridized carbons (Fsp3) is 0.409. The Hall–Kier alpha value is -2.29. The predicted octanol–water partition coefficient (Wildman–Crippen LogP) is 4.07. The number of aryl methyl sites for hydroxylation is 1. The van der Waals surface area contributed by atoms with Crippen LogP contribution < -0.4 is 0 Å². The van der Waals surface area contributed by atoms with E-state index in [4.69, 9.17) is 0 Å². The van der Waals surface area contributed by atoms with Gasteiger partial charge in [0.2, 0.25) is 5.91 Å². The van der Waals surface area contributed by atoms with Gasteiger partial charge in [-0.2, -0.15) is 0 Å². The number of nitrogens with zero attached hydrogens (tertiary/aromatic N) is 1. The minimum atomic E-state index is -0.0150. The lowest BCUT2D eigenvalue weighted by atomic mass is 9.68. The van der Waals surface area contributed by atoms with Gasteiger partial charge in [-0.1, -0.05) is 55.8 Å². The van der Waals surface area contributed by atoms with Crippen molar-refractivity contribution in [3.8, 4) is 5.75 Å². The summed E-state index contributed by atoms with van der Waals surface area (Å²) in [6, 6.07) is 15.7. The number of likely N-dealkylation sites (tertiary alicyclic amines) is 1. The molecule has 0 unspecified atom stereocenters. The molecule has 1 aliphatic rings. The van der Waals surface area contributed by atoms with E-state index in [-0.39, 0.29) is 11.3 Å². The molecule has 1 aliphatic heterocycles. The molecule has 3 heteroatoms. The third kappa shape index (κ3) is 3.71. The average molecular weight is 337 g/mol. The number of phenols is 1. The lowest BCUT2D eigenvalue weighted by molar-refractivity contribution is -0.133. The Bertz CT molecular complexity index is 770. The van der Waals surface area contributed by atoms with Crippen molar-refractivity contribution in [3.63, 3.8) is 0 Å². The van der Waals surface area contributed by atoms with Crippen molar-refractivity contribution < 1.29 is 9.90 Å². The zero-order chi connectivity index (χ0) is 18.0. The summed E-state index contributed by atoms with van der Waals surface area (Å²) in [6.45, 7) is 8.03. The minimum Gasteiger partial charge on any atom is -0.508 e. The summed E-state index contributed by atoms with van der Waals surface area (Å²) in [5.41, 5.74) is 3.41. The number of amides is 1. The van der Waals surface area contributed by atoms with Crippen molar-refractivity contribution in [1.29, 1.82) is 0 Å². The number of benzene rings is 2. The molecule has 0 saturated carbocycles. The van der Waals surface area contributed by atoms with Gasteiger partial charge in [0.05, 0.1) is 6.42 Å². The van der Waals surface area contributed by atoms with E-state index in [9.17, 15) is 9.90 Å². The van der Waals surface area contributed by atoms with Gasteiger partial charge >= 0.3 is 0 Å². The van der Waals surface area contributed by atoms with Crippen molar-refractivity contribution in [3.05, 3.63) is 65.2 Å². The van der Waals surface area contributed by atoms with Gasteiger partial charge in [-0.25, -0.2) is 0 Å². The molecule has 1 fully saturated rings. The summed E-state index contributed by atoms with van der Waals surface area (Å²) in [7, 11) is 0. The first-order chi connectivity index (χ1) is 11.9. The van der Waals surface area contributed by atoms with Gasteiger partial charge in [-0.15, -0.1) is 0 Å². The van der Waals surface area contributed by atoms with E-state index in [1.54, 1.807) is 6.07 Å². The fourth-order valence-electron chi connectivity index (χ4n) is 3.86. The Morgan fingerprint density at radius 3 is 2.68 bits per heavy atom. The zero-order valence-electron chi connectivity index (χ0n) is 15.3. The van der Waals surface area contributed by atoms with E-state index in [1.807, 2.05) is 29.2 Å². The highest BCUT2D eigenvalue weighted by molar-refractivity contribution is 5.79. The molecular weight excluding hydrogens is 310 g/mol. The third-order valence-corrected chi connectivity index (χ3v) is 5.78. The molecule has 1 heterocycles. The second-order valence-corrected chi connectivity index (χ2v) is 7.62. The number of carbonyl (C=O) groups is 1. The topological polar surface area (TPSA) is 40.5 Å². The number of carbonyl (C=O) groups excluding carboxylic acids is 1. The minimum absolute atomic E-state index is 0.0150. The summed E-state index contributed by atoms with van der Waals surface area (Å²) in [5.74, 6) is 0.851. The molecule has 0 aliphatic carbocycles. The standard InChI is InChI=1S/C22H27NO2/c1-16-6-4-7-18(12-16)13-21(25)23-11-10-22(3,17(2)15-23)19-8-5-9-20(24)14-19/h4-9,12,14,17,24H,10-11,13,15H2,1-3H3/t17-,22+/m0/s1. The van der Waals surface area contributed by atoms with E-state index >= 15 is 0 Å². The third-order valence-electron chi connectivity index (χ3n) is 5.78. The van der Waals surface area contributed by atoms with Crippen LogP contribution in [0.5, 0.6) is 5.75 Å². The number of hydrogen-bond donors (Lipinski definition) is 1. The molecule has 2 aromatic carbocycles. The molecule has 0 spiro atoms. The second-order valence-electron chi connectivity index (χ2n) is 7.62. The predicted molar refractivity (Wildman–Crippen MR) is 101 cm³/mol. The van der Waals surface area contributed by atoms with Crippen LogP contribution in [0.3, 0.4) is 0 Å². The number of piperidine rings is 1. The molecule has 3 nitrogen and oxygen atoms in total. The van der Waals surface area contributed by atoms with Crippen molar-refractivity contribution in [2.24, 2.45) is 5.92 Å². The summed E-state index contributed by atoms with van der Waals surface area (Å²) in [6.07, 6.45) is 1.38. The van der Waals surface area contributed by atoms with E-state index in [2.05, 4.69) is 39.0 Å². The van der Waals surface area contributed by atoms with Crippen LogP contribution >= 0.6 is 0 Å². The molecular formula is C22H27NO2. The molecule has 2 atom stereocenters. The first kappa shape index (κ1) is 17.5. The molecule has 2 aromatic rings. The largest absolute Gasteiger partial charge is 0.508 e. The van der Waals surface area contributed by atoms with E-state index in [0.717, 1.165) is 30.6 Å². The lowest BCUT2D eigenvalue weighted by Crippen LogP contribution is -2.49. The van der Waals surface area contributed by atoms with Crippen LogP contribution in [0.4, 0.5) is 0 Å². The van der Waals surface area contributed by atoms with Gasteiger partial charge in [0.1, 0.15) is 5.75 Å². The Morgan fingerprint density at radius 2 is 2.00 bits per heavy atom. The molecule has 1 amide bonds. The van der Waals surface area contributed by atoms with E-state index < -0.39 is 0 Å². The van der Waals surface area contributed by atoms with Crippen LogP contribution in [-0.2, 0) is 16.6 Å². The Morgan fingerprint density at radius 1 is 1.24 bits per heavy atom. The highest BCUT2D eigenvalue weighted by Gasteiger charge is 2.39. The molecule has 25 heavy (non-hydrogen) atoms. The Balaban J connectivity index is 1.70. The van der Waals surface area contributed by atoms with Gasteiger partial charge < -0.3 is 10.0 Å². The highest BCUT2D eigenvalue weighted by Crippen LogP contribution is 2.40. The van der Waals surface area contributed by atoms with Gasteiger partial charge in [-0.3, -0.25) is 4.79 Å². The second kappa shape index (κ2) is 6.91. The lowest BCUT2D eigenvalue weighted by Gasteiger charge is -2.45. The summed E-state index contributed by atoms with van der Waals surface area (Å²) in [5, 5.41) is 9.81. The summed E-state index contributed by atoms with van der Waals surface area (Å²) < 4.78 is 0. The fourth-order valence-corrected chi connectivity index (χ4v) is 3.86. The van der Waals surface area contributed by atoms with Crippen LogP contribution in [0.15, 0.2) is 48.5 Å². The highest BCUT2D eigenvalue weighted by atomic mass is 16.3. The molecule has 1 N–H and O–H groups in total. The Kier molecular flexibility index (Phi) is 4.85. The van der Waals surface area contributed by atoms with E-state index in [0.29, 0.717) is 18.1 Å². The van der Waals surface area contributed by atoms with Crippen molar-refractivity contribution in [2.75, 3.05) is 13.1 Å². The van der Waals surface area contributed by atoms with E-state index in [1.165, 1.54) is 5.56 Å². The van der Waals surface area contributed by atoms with Crippen LogP contribution in [0.25, 0.3) is 0 Å². The monoisotopic (exact) mass is 337 g/mol.